The van der Waals surface area contributed by atoms with Crippen LogP contribution in [-0.2, 0) is 13.6 Å². The summed E-state index contributed by atoms with van der Waals surface area (Å²) in [6.07, 6.45) is 2.48. The highest BCUT2D eigenvalue weighted by molar-refractivity contribution is 6.00. The molecule has 2 saturated carbocycles. The van der Waals surface area contributed by atoms with Crippen LogP contribution in [0.1, 0.15) is 83.7 Å². The van der Waals surface area contributed by atoms with Crippen molar-refractivity contribution in [1.82, 2.24) is 34.3 Å². The van der Waals surface area contributed by atoms with Crippen molar-refractivity contribution in [3.8, 4) is 17.3 Å². The molecule has 2 bridgehead atoms. The zero-order valence-electron chi connectivity index (χ0n) is 28.3. The Labute approximate surface area is 287 Å². The molecular weight excluding hydrogens is 642 g/mol. The number of imidazole rings is 1. The normalized spacial score (nSPS) is 20.9. The number of carbonyl (C=O) groups is 2. The zero-order chi connectivity index (χ0) is 34.8. The lowest BCUT2D eigenvalue weighted by Crippen LogP contribution is -2.51. The molecule has 260 valence electrons. The number of hydrogen-bond donors (Lipinski definition) is 2. The number of alkyl halides is 2. The summed E-state index contributed by atoms with van der Waals surface area (Å²) < 4.78 is 36.4. The van der Waals surface area contributed by atoms with E-state index in [1.165, 1.54) is 18.2 Å². The number of fused-ring (bicyclic) bond motifs is 4. The third-order valence-electron chi connectivity index (χ3n) is 10.7. The number of aromatic nitrogens is 5. The van der Waals surface area contributed by atoms with E-state index in [4.69, 9.17) is 20.4 Å². The Balaban J connectivity index is 1.14. The summed E-state index contributed by atoms with van der Waals surface area (Å²) in [5, 5.41) is 3.77. The largest absolute Gasteiger partial charge is 0.494 e. The van der Waals surface area contributed by atoms with Crippen molar-refractivity contribution in [3.63, 3.8) is 0 Å². The summed E-state index contributed by atoms with van der Waals surface area (Å²) in [7, 11) is 3.55. The van der Waals surface area contributed by atoms with E-state index in [1.807, 2.05) is 40.8 Å². The van der Waals surface area contributed by atoms with E-state index in [0.717, 1.165) is 60.9 Å². The van der Waals surface area contributed by atoms with Crippen molar-refractivity contribution in [1.29, 1.82) is 0 Å². The molecule has 0 unspecified atom stereocenters. The molecule has 4 atom stereocenters. The van der Waals surface area contributed by atoms with Gasteiger partial charge in [0.05, 0.1) is 30.1 Å². The first-order valence-electron chi connectivity index (χ1n) is 17.3. The predicted octanol–water partition coefficient (Wildman–Crippen LogP) is 5.78. The van der Waals surface area contributed by atoms with Gasteiger partial charge in [0, 0.05) is 43.2 Å². The number of pyridine rings is 2. The first kappa shape index (κ1) is 32.3. The predicted molar refractivity (Wildman–Crippen MR) is 184 cm³/mol. The maximum atomic E-state index is 13.9. The molecule has 5 aromatic rings. The van der Waals surface area contributed by atoms with Gasteiger partial charge >= 0.3 is 0 Å². The van der Waals surface area contributed by atoms with Gasteiger partial charge < -0.3 is 29.8 Å². The molecule has 13 heteroatoms. The Morgan fingerprint density at radius 2 is 1.86 bits per heavy atom. The first-order valence-corrected chi connectivity index (χ1v) is 17.3. The van der Waals surface area contributed by atoms with Gasteiger partial charge in [0.15, 0.2) is 5.82 Å². The molecule has 8 rings (SSSR count). The fraction of sp³-hybridized carbons (Fsp3) is 0.432. The van der Waals surface area contributed by atoms with Gasteiger partial charge in [-0.2, -0.15) is 0 Å². The van der Waals surface area contributed by atoms with Gasteiger partial charge in [-0.15, -0.1) is 0 Å². The second-order valence-electron chi connectivity index (χ2n) is 14.1. The number of aryl methyl sites for hydroxylation is 1. The highest BCUT2D eigenvalue weighted by Gasteiger charge is 2.41. The average Bonchev–Trinajstić information content (AvgIpc) is 3.58. The number of methoxy groups -OCH3 is 1. The number of ether oxygens (including phenoxy) is 1. The molecule has 50 heavy (non-hydrogen) atoms. The Morgan fingerprint density at radius 3 is 2.62 bits per heavy atom. The van der Waals surface area contributed by atoms with Crippen LogP contribution in [0, 0.1) is 11.8 Å². The van der Waals surface area contributed by atoms with Crippen LogP contribution in [0.15, 0.2) is 48.5 Å². The lowest BCUT2D eigenvalue weighted by atomic mass is 9.94. The Morgan fingerprint density at radius 1 is 1.04 bits per heavy atom. The number of likely N-dealkylation sites (tertiary alicyclic amines) is 1. The number of halogens is 2. The first-order chi connectivity index (χ1) is 24.1. The van der Waals surface area contributed by atoms with Crippen LogP contribution in [0.4, 0.5) is 8.78 Å². The highest BCUT2D eigenvalue weighted by Crippen LogP contribution is 2.40. The number of rotatable bonds is 9. The number of piperidine rings is 1. The topological polar surface area (TPSA) is 133 Å². The Kier molecular flexibility index (Phi) is 8.04. The summed E-state index contributed by atoms with van der Waals surface area (Å²) in [5.41, 5.74) is 10.2. The second kappa shape index (κ2) is 12.4. The number of nitrogens with one attached hydrogen (secondary N) is 1. The minimum Gasteiger partial charge on any atom is -0.494 e. The third-order valence-corrected chi connectivity index (χ3v) is 10.7. The van der Waals surface area contributed by atoms with E-state index >= 15 is 0 Å². The lowest BCUT2D eigenvalue weighted by Gasteiger charge is -2.37. The minimum absolute atomic E-state index is 0.00596. The smallest absolute Gasteiger partial charge is 0.280 e. The number of carbonyl (C=O) groups excluding carboxylic acids is 2. The van der Waals surface area contributed by atoms with Gasteiger partial charge in [0.2, 0.25) is 0 Å². The van der Waals surface area contributed by atoms with Crippen LogP contribution in [0.5, 0.6) is 5.75 Å². The molecular formula is C37H40F2N8O3. The molecule has 1 aliphatic heterocycles. The van der Waals surface area contributed by atoms with E-state index in [2.05, 4.69) is 20.9 Å². The summed E-state index contributed by atoms with van der Waals surface area (Å²) in [6.45, 7) is 3.11. The molecule has 0 radical (unpaired) electrons. The summed E-state index contributed by atoms with van der Waals surface area (Å²) in [6, 6.07) is 13.3. The van der Waals surface area contributed by atoms with E-state index in [-0.39, 0.29) is 23.7 Å². The standard InChI is InChI=1S/C37H40F2N8O3/c1-19(41-36(48)28-6-4-5-27(42-28)33(38)39)26-12-10-22-15-30(47(34(22)43-26)17-20-7-8-20)35-44-29-14-23(16-31(50-3)32(29)45(35)2)37(49)46-18-25(40)21-9-11-24(46)13-21/h4-6,10,12,14-16,19-21,24-25,33H,7-9,11,13,17-18,40H2,1-3H3,(H,41,48)/t19-,21+,24-,25+/m1/s1. The van der Waals surface area contributed by atoms with Gasteiger partial charge in [-0.1, -0.05) is 6.07 Å². The maximum absolute atomic E-state index is 13.9. The van der Waals surface area contributed by atoms with Crippen molar-refractivity contribution in [2.45, 2.75) is 70.1 Å². The molecule has 3 aliphatic rings. The molecule has 1 aromatic carbocycles. The zero-order valence-corrected chi connectivity index (χ0v) is 28.3. The van der Waals surface area contributed by atoms with Gasteiger partial charge in [-0.3, -0.25) is 9.59 Å². The van der Waals surface area contributed by atoms with Crippen molar-refractivity contribution in [2.75, 3.05) is 13.7 Å². The molecule has 0 spiro atoms. The quantitative estimate of drug-likeness (QED) is 0.201. The van der Waals surface area contributed by atoms with Crippen LogP contribution >= 0.6 is 0 Å². The van der Waals surface area contributed by atoms with Crippen LogP contribution in [-0.4, -0.2) is 66.5 Å². The van der Waals surface area contributed by atoms with E-state index in [1.54, 1.807) is 14.0 Å². The van der Waals surface area contributed by atoms with Crippen molar-refractivity contribution in [2.24, 2.45) is 24.6 Å². The fourth-order valence-corrected chi connectivity index (χ4v) is 7.78. The molecule has 2 aliphatic carbocycles. The van der Waals surface area contributed by atoms with Crippen molar-refractivity contribution < 1.29 is 23.1 Å². The fourth-order valence-electron chi connectivity index (χ4n) is 7.78. The molecule has 3 N–H and O–H groups in total. The number of nitrogens with two attached hydrogens (primary N) is 1. The van der Waals surface area contributed by atoms with E-state index < -0.39 is 24.1 Å². The number of benzene rings is 1. The molecule has 2 amide bonds. The monoisotopic (exact) mass is 682 g/mol. The van der Waals surface area contributed by atoms with Gasteiger partial charge in [0.1, 0.15) is 28.3 Å². The van der Waals surface area contributed by atoms with E-state index in [0.29, 0.717) is 46.7 Å². The molecule has 3 fully saturated rings. The molecule has 11 nitrogen and oxygen atoms in total. The average molecular weight is 683 g/mol. The summed E-state index contributed by atoms with van der Waals surface area (Å²) in [5.74, 6) is 1.69. The minimum atomic E-state index is -2.77. The lowest BCUT2D eigenvalue weighted by molar-refractivity contribution is 0.0603. The van der Waals surface area contributed by atoms with Gasteiger partial charge in [-0.25, -0.2) is 23.7 Å². The number of amides is 2. The Hall–Kier alpha value is -4.91. The van der Waals surface area contributed by atoms with Crippen LogP contribution in [0.2, 0.25) is 0 Å². The number of hydrogen-bond acceptors (Lipinski definition) is 7. The van der Waals surface area contributed by atoms with Crippen LogP contribution in [0.25, 0.3) is 33.6 Å². The van der Waals surface area contributed by atoms with E-state index in [9.17, 15) is 18.4 Å². The maximum Gasteiger partial charge on any atom is 0.280 e. The van der Waals surface area contributed by atoms with Gasteiger partial charge in [0.25, 0.3) is 18.2 Å². The number of nitrogens with zero attached hydrogens (tertiary/aromatic N) is 6. The third kappa shape index (κ3) is 5.66. The van der Waals surface area contributed by atoms with Gasteiger partial charge in [-0.05, 0) is 93.3 Å². The molecule has 5 heterocycles. The van der Waals surface area contributed by atoms with Crippen LogP contribution < -0.4 is 15.8 Å². The molecule has 1 saturated heterocycles. The summed E-state index contributed by atoms with van der Waals surface area (Å²) in [4.78, 5) is 42.7. The summed E-state index contributed by atoms with van der Waals surface area (Å²) >= 11 is 0. The second-order valence-corrected chi connectivity index (χ2v) is 14.1. The highest BCUT2D eigenvalue weighted by atomic mass is 19.3. The Bertz CT molecular complexity index is 2140. The van der Waals surface area contributed by atoms with Crippen LogP contribution in [0.3, 0.4) is 0 Å². The van der Waals surface area contributed by atoms with Crippen molar-refractivity contribution in [3.05, 3.63) is 71.2 Å². The SMILES string of the molecule is COc1cc(C(=O)N2C[C@H](N)[C@H]3CC[C@@H]2C3)cc2nc(-c3cc4ccc([C@@H](C)NC(=O)c5cccc(C(F)F)n5)nc4n3CC3CC3)n(C)c12. The molecule has 4 aromatic heterocycles. The van der Waals surface area contributed by atoms with Crippen molar-refractivity contribution >= 4 is 33.9 Å².